The number of hydrogen-bond donors (Lipinski definition) is 0. The van der Waals surface area contributed by atoms with Crippen LogP contribution in [0.3, 0.4) is 0 Å². The molecule has 3 heteroatoms. The fourth-order valence-corrected chi connectivity index (χ4v) is 3.72. The molecular formula is C24H18FNO. The van der Waals surface area contributed by atoms with Gasteiger partial charge in [0, 0.05) is 11.0 Å². The summed E-state index contributed by atoms with van der Waals surface area (Å²) < 4.78 is 31.0. The molecule has 3 aromatic carbocycles. The number of benzene rings is 3. The minimum Gasteiger partial charge on any atom is -0.454 e. The van der Waals surface area contributed by atoms with E-state index in [1.54, 1.807) is 0 Å². The predicted molar refractivity (Wildman–Crippen MR) is 105 cm³/mol. The molecule has 0 saturated heterocycles. The number of rotatable bonds is 2. The molecule has 5 rings (SSSR count). The van der Waals surface area contributed by atoms with Crippen molar-refractivity contribution in [1.29, 1.82) is 0 Å². The van der Waals surface area contributed by atoms with E-state index in [1.165, 1.54) is 0 Å². The van der Waals surface area contributed by atoms with Gasteiger partial charge in [0.05, 0.1) is 1.37 Å². The molecule has 2 atom stereocenters. The molecule has 1 aromatic heterocycles. The number of fused-ring (bicyclic) bond motifs is 3. The zero-order valence-corrected chi connectivity index (χ0v) is 14.8. The summed E-state index contributed by atoms with van der Waals surface area (Å²) in [6, 6.07) is 23.3. The van der Waals surface area contributed by atoms with Crippen LogP contribution in [0.25, 0.3) is 16.5 Å². The molecule has 132 valence electrons. The fourth-order valence-electron chi connectivity index (χ4n) is 3.72. The van der Waals surface area contributed by atoms with Crippen molar-refractivity contribution in [3.8, 4) is 0 Å². The lowest BCUT2D eigenvalue weighted by molar-refractivity contribution is 0.341. The maximum Gasteiger partial charge on any atom is 0.160 e. The Balaban J connectivity index is 1.95. The van der Waals surface area contributed by atoms with E-state index in [4.69, 9.17) is 5.79 Å². The minimum absolute atomic E-state index is 0.237. The second-order valence-corrected chi connectivity index (χ2v) is 6.76. The van der Waals surface area contributed by atoms with Crippen LogP contribution in [0.1, 0.15) is 24.1 Å². The van der Waals surface area contributed by atoms with Crippen molar-refractivity contribution in [2.24, 2.45) is 4.99 Å². The molecule has 2 unspecified atom stereocenters. The Morgan fingerprint density at radius 1 is 0.926 bits per heavy atom. The lowest BCUT2D eigenvalue weighted by Crippen LogP contribution is -2.36. The average Bonchev–Trinajstić information content (AvgIpc) is 3.06. The summed E-state index contributed by atoms with van der Waals surface area (Å²) >= 11 is 0. The molecule has 2 heterocycles. The van der Waals surface area contributed by atoms with Crippen molar-refractivity contribution >= 4 is 16.5 Å². The Bertz CT molecular complexity index is 1310. The molecule has 27 heavy (non-hydrogen) atoms. The maximum absolute atomic E-state index is 16.2. The summed E-state index contributed by atoms with van der Waals surface area (Å²) in [5.74, 6) is 0. The highest BCUT2D eigenvalue weighted by Crippen LogP contribution is 2.34. The number of alkyl halides is 1. The topological polar surface area (TPSA) is 25.5 Å². The van der Waals surface area contributed by atoms with E-state index >= 15 is 4.39 Å². The summed E-state index contributed by atoms with van der Waals surface area (Å²) in [4.78, 5) is 4.68. The van der Waals surface area contributed by atoms with Gasteiger partial charge in [-0.25, -0.2) is 4.39 Å². The molecule has 0 radical (unpaired) electrons. The summed E-state index contributed by atoms with van der Waals surface area (Å²) in [6.07, 6.45) is -2.46. The van der Waals surface area contributed by atoms with Gasteiger partial charge in [0.2, 0.25) is 0 Å². The fraction of sp³-hybridized carbons (Fsp3) is 0.125. The molecule has 0 fully saturated rings. The van der Waals surface area contributed by atoms with Gasteiger partial charge >= 0.3 is 0 Å². The van der Waals surface area contributed by atoms with E-state index in [1.807, 2.05) is 85.8 Å². The molecule has 2 nitrogen and oxygen atoms in total. The summed E-state index contributed by atoms with van der Waals surface area (Å²) in [6.45, 7) is 1.92. The van der Waals surface area contributed by atoms with Crippen molar-refractivity contribution < 1.29 is 10.2 Å². The molecule has 1 aliphatic heterocycles. The summed E-state index contributed by atoms with van der Waals surface area (Å²) in [5, 5.41) is 1.45. The maximum atomic E-state index is 16.2. The van der Waals surface area contributed by atoms with Crippen LogP contribution in [-0.4, -0.2) is 6.15 Å². The zero-order chi connectivity index (χ0) is 19.3. The van der Waals surface area contributed by atoms with Gasteiger partial charge in [0.15, 0.2) is 11.6 Å². The molecule has 0 aliphatic carbocycles. The van der Waals surface area contributed by atoms with E-state index in [0.717, 1.165) is 10.9 Å². The highest BCUT2D eigenvalue weighted by atomic mass is 19.1. The number of nitrogens with zero attached hydrogens (tertiary/aromatic N) is 1. The third kappa shape index (κ3) is 2.50. The average molecular weight is 356 g/mol. The van der Waals surface area contributed by atoms with Crippen LogP contribution in [0.4, 0.5) is 4.39 Å². The van der Waals surface area contributed by atoms with Crippen molar-refractivity contribution in [3.05, 3.63) is 106 Å². The molecular weight excluding hydrogens is 337 g/mol. The van der Waals surface area contributed by atoms with Crippen molar-refractivity contribution in [2.75, 3.05) is 0 Å². The van der Waals surface area contributed by atoms with Crippen molar-refractivity contribution in [1.82, 2.24) is 0 Å². The Kier molecular flexibility index (Phi) is 3.43. The quantitative estimate of drug-likeness (QED) is 0.513. The molecule has 0 amide bonds. The first-order chi connectivity index (χ1) is 13.6. The lowest BCUT2D eigenvalue weighted by Gasteiger charge is -2.23. The van der Waals surface area contributed by atoms with Gasteiger partial charge in [-0.1, -0.05) is 66.7 Å². The van der Waals surface area contributed by atoms with E-state index < -0.39 is 12.2 Å². The lowest BCUT2D eigenvalue weighted by atomic mass is 9.89. The van der Waals surface area contributed by atoms with Crippen LogP contribution in [0.2, 0.25) is 0 Å². The van der Waals surface area contributed by atoms with Gasteiger partial charge in [0.25, 0.3) is 0 Å². The molecule has 4 aromatic rings. The first-order valence-electron chi connectivity index (χ1n) is 9.47. The number of furan rings is 1. The third-order valence-electron chi connectivity index (χ3n) is 5.06. The number of aryl methyl sites for hydroxylation is 1. The van der Waals surface area contributed by atoms with E-state index in [0.29, 0.717) is 27.5 Å². The van der Waals surface area contributed by atoms with Crippen LogP contribution in [0.15, 0.2) is 88.3 Å². The van der Waals surface area contributed by atoms with E-state index in [9.17, 15) is 0 Å². The normalized spacial score (nSPS) is 22.2. The highest BCUT2D eigenvalue weighted by molar-refractivity contribution is 5.80. The summed E-state index contributed by atoms with van der Waals surface area (Å²) in [5.41, 5.74) is 3.47. The molecule has 0 bridgehead atoms. The third-order valence-corrected chi connectivity index (χ3v) is 5.06. The number of halogens is 1. The van der Waals surface area contributed by atoms with Crippen molar-refractivity contribution in [3.63, 3.8) is 0 Å². The van der Waals surface area contributed by atoms with Gasteiger partial charge < -0.3 is 4.42 Å². The van der Waals surface area contributed by atoms with Gasteiger partial charge in [-0.15, -0.1) is 0 Å². The number of para-hydroxylation sites is 1. The van der Waals surface area contributed by atoms with Gasteiger partial charge in [-0.2, -0.15) is 0 Å². The highest BCUT2D eigenvalue weighted by Gasteiger charge is 2.33. The summed E-state index contributed by atoms with van der Waals surface area (Å²) in [7, 11) is 0. The van der Waals surface area contributed by atoms with Crippen LogP contribution in [-0.2, 0) is 0 Å². The Hall–Kier alpha value is -3.20. The number of hydrogen-bond acceptors (Lipinski definition) is 2. The van der Waals surface area contributed by atoms with Gasteiger partial charge in [-0.05, 0) is 35.7 Å². The Morgan fingerprint density at radius 3 is 2.44 bits per heavy atom. The second-order valence-electron chi connectivity index (χ2n) is 6.76. The molecule has 0 spiro atoms. The smallest absolute Gasteiger partial charge is 0.160 e. The minimum atomic E-state index is -2.46. The predicted octanol–water partition coefficient (Wildman–Crippen LogP) is 4.65. The molecule has 0 saturated carbocycles. The molecule has 0 N–H and O–H groups in total. The Labute approximate surface area is 157 Å². The molecule has 1 aliphatic rings. The standard InChI is InChI=1S/C24H18FNO/c1-15-9-5-6-12-17(15)20-21(25)22(16-10-3-2-4-11-16)26-23-18-13-7-8-14-19(18)27-24(20)23/h2-14,21-22H,1H3/i21D. The van der Waals surface area contributed by atoms with Crippen LogP contribution in [0, 0.1) is 6.92 Å². The van der Waals surface area contributed by atoms with E-state index in [-0.39, 0.29) is 5.57 Å². The Morgan fingerprint density at radius 2 is 1.63 bits per heavy atom. The van der Waals surface area contributed by atoms with E-state index in [2.05, 4.69) is 4.99 Å². The van der Waals surface area contributed by atoms with Crippen molar-refractivity contribution in [2.45, 2.75) is 19.1 Å². The first-order valence-corrected chi connectivity index (χ1v) is 8.97. The monoisotopic (exact) mass is 356 g/mol. The van der Waals surface area contributed by atoms with Gasteiger partial charge in [-0.3, -0.25) is 4.99 Å². The second kappa shape index (κ2) is 6.20. The SMILES string of the molecule is [2H]C1(F)C(c2ccccc2C)=c2oc3ccccc3c2=NC1c1ccccc1. The van der Waals surface area contributed by atoms with Crippen LogP contribution in [0.5, 0.6) is 0 Å². The largest absolute Gasteiger partial charge is 0.454 e. The van der Waals surface area contributed by atoms with Crippen LogP contribution >= 0.6 is 0 Å². The van der Waals surface area contributed by atoms with Crippen LogP contribution < -0.4 is 10.8 Å². The first kappa shape index (κ1) is 14.9. The zero-order valence-electron chi connectivity index (χ0n) is 15.8. The van der Waals surface area contributed by atoms with Gasteiger partial charge in [0.1, 0.15) is 17.0 Å².